The van der Waals surface area contributed by atoms with E-state index in [0.717, 1.165) is 17.1 Å². The van der Waals surface area contributed by atoms with E-state index >= 15 is 0 Å². The number of thiophene rings is 1. The van der Waals surface area contributed by atoms with Crippen molar-refractivity contribution in [1.82, 2.24) is 4.98 Å². The minimum Gasteiger partial charge on any atom is -0.486 e. The quantitative estimate of drug-likeness (QED) is 0.806. The van der Waals surface area contributed by atoms with Crippen molar-refractivity contribution in [3.63, 3.8) is 0 Å². The standard InChI is InChI=1S/C12H9ClF3NOS2/c13-8-3-7(12(14,15)16)4-17-9(8)5-18-10-1-2-20-11(10)6-19/h1-4,19H,5-6H2. The Morgan fingerprint density at radius 2 is 2.15 bits per heavy atom. The SMILES string of the molecule is FC(F)(F)c1cnc(COc2ccsc2CS)c(Cl)c1. The third-order valence-corrected chi connectivity index (χ3v) is 4.22. The van der Waals surface area contributed by atoms with Crippen molar-refractivity contribution in [2.45, 2.75) is 18.5 Å². The molecular formula is C12H9ClF3NOS2. The molecule has 2 rings (SSSR count). The second-order valence-corrected chi connectivity index (χ2v) is 5.53. The minimum absolute atomic E-state index is 0.00841. The van der Waals surface area contributed by atoms with Crippen LogP contribution in [0.15, 0.2) is 23.7 Å². The van der Waals surface area contributed by atoms with Gasteiger partial charge in [0.25, 0.3) is 0 Å². The molecule has 108 valence electrons. The van der Waals surface area contributed by atoms with Crippen LogP contribution in [-0.2, 0) is 18.5 Å². The van der Waals surface area contributed by atoms with Crippen LogP contribution in [0, 0.1) is 0 Å². The molecule has 0 aliphatic heterocycles. The molecule has 0 radical (unpaired) electrons. The van der Waals surface area contributed by atoms with E-state index in [2.05, 4.69) is 17.6 Å². The molecule has 8 heteroatoms. The van der Waals surface area contributed by atoms with E-state index in [4.69, 9.17) is 16.3 Å². The second-order valence-electron chi connectivity index (χ2n) is 3.81. The summed E-state index contributed by atoms with van der Waals surface area (Å²) >= 11 is 11.4. The zero-order chi connectivity index (χ0) is 14.8. The first-order chi connectivity index (χ1) is 9.41. The smallest absolute Gasteiger partial charge is 0.417 e. The largest absolute Gasteiger partial charge is 0.486 e. The van der Waals surface area contributed by atoms with Gasteiger partial charge in [-0.3, -0.25) is 4.98 Å². The first-order valence-corrected chi connectivity index (χ1v) is 7.32. The van der Waals surface area contributed by atoms with Gasteiger partial charge >= 0.3 is 6.18 Å². The van der Waals surface area contributed by atoms with E-state index in [9.17, 15) is 13.2 Å². The first kappa shape index (κ1) is 15.5. The summed E-state index contributed by atoms with van der Waals surface area (Å²) in [5, 5.41) is 1.78. The maximum atomic E-state index is 12.5. The summed E-state index contributed by atoms with van der Waals surface area (Å²) in [6, 6.07) is 2.62. The van der Waals surface area contributed by atoms with Crippen molar-refractivity contribution in [3.8, 4) is 5.75 Å². The molecule has 0 aliphatic rings. The Kier molecular flexibility index (Phi) is 4.82. The van der Waals surface area contributed by atoms with E-state index in [1.165, 1.54) is 11.3 Å². The number of thiol groups is 1. The minimum atomic E-state index is -4.46. The van der Waals surface area contributed by atoms with Crippen molar-refractivity contribution in [3.05, 3.63) is 44.9 Å². The summed E-state index contributed by atoms with van der Waals surface area (Å²) < 4.78 is 42.9. The molecule has 2 nitrogen and oxygen atoms in total. The summed E-state index contributed by atoms with van der Waals surface area (Å²) in [5.41, 5.74) is -0.617. The van der Waals surface area contributed by atoms with Gasteiger partial charge in [-0.05, 0) is 17.5 Å². The van der Waals surface area contributed by atoms with E-state index in [-0.39, 0.29) is 17.3 Å². The number of nitrogens with zero attached hydrogens (tertiary/aromatic N) is 1. The molecule has 0 bridgehead atoms. The molecule has 0 unspecified atom stereocenters. The van der Waals surface area contributed by atoms with Gasteiger partial charge in [-0.25, -0.2) is 0 Å². The number of halogens is 4. The van der Waals surface area contributed by atoms with Crippen molar-refractivity contribution >= 4 is 35.6 Å². The summed E-state index contributed by atoms with van der Waals surface area (Å²) in [4.78, 5) is 4.65. The fourth-order valence-corrected chi connectivity index (χ4v) is 2.72. The fourth-order valence-electron chi connectivity index (χ4n) is 1.45. The zero-order valence-corrected chi connectivity index (χ0v) is 12.4. The molecule has 0 saturated heterocycles. The molecule has 0 aromatic carbocycles. The lowest BCUT2D eigenvalue weighted by Crippen LogP contribution is -2.07. The molecular weight excluding hydrogens is 331 g/mol. The Hall–Kier alpha value is -0.920. The fraction of sp³-hybridized carbons (Fsp3) is 0.250. The summed E-state index contributed by atoms with van der Waals surface area (Å²) in [6.07, 6.45) is -3.71. The lowest BCUT2D eigenvalue weighted by molar-refractivity contribution is -0.137. The second kappa shape index (κ2) is 6.24. The normalized spacial score (nSPS) is 11.7. The van der Waals surface area contributed by atoms with Crippen LogP contribution in [0.25, 0.3) is 0 Å². The van der Waals surface area contributed by atoms with Crippen LogP contribution in [-0.4, -0.2) is 4.98 Å². The van der Waals surface area contributed by atoms with E-state index in [1.54, 1.807) is 6.07 Å². The van der Waals surface area contributed by atoms with Gasteiger partial charge in [-0.15, -0.1) is 11.3 Å². The molecule has 20 heavy (non-hydrogen) atoms. The summed E-state index contributed by atoms with van der Waals surface area (Å²) in [7, 11) is 0. The third-order valence-electron chi connectivity index (χ3n) is 2.46. The zero-order valence-electron chi connectivity index (χ0n) is 9.95. The van der Waals surface area contributed by atoms with Gasteiger partial charge in [0.15, 0.2) is 0 Å². The summed E-state index contributed by atoms with van der Waals surface area (Å²) in [5.74, 6) is 1.17. The van der Waals surface area contributed by atoms with Gasteiger partial charge in [0.2, 0.25) is 0 Å². The van der Waals surface area contributed by atoms with Gasteiger partial charge in [0.1, 0.15) is 12.4 Å². The van der Waals surface area contributed by atoms with E-state index < -0.39 is 11.7 Å². The number of pyridine rings is 1. The average Bonchev–Trinajstić information content (AvgIpc) is 2.83. The predicted octanol–water partition coefficient (Wildman–Crippen LogP) is 4.82. The van der Waals surface area contributed by atoms with E-state index in [1.807, 2.05) is 5.38 Å². The molecule has 0 spiro atoms. The predicted molar refractivity (Wildman–Crippen MR) is 75.6 cm³/mol. The maximum Gasteiger partial charge on any atom is 0.417 e. The Labute approximate surface area is 128 Å². The molecule has 0 amide bonds. The third kappa shape index (κ3) is 3.59. The van der Waals surface area contributed by atoms with Gasteiger partial charge < -0.3 is 4.74 Å². The van der Waals surface area contributed by atoms with Crippen LogP contribution in [0.4, 0.5) is 13.2 Å². The maximum absolute atomic E-state index is 12.5. The first-order valence-electron chi connectivity index (χ1n) is 5.43. The summed E-state index contributed by atoms with van der Waals surface area (Å²) in [6.45, 7) is 0.00841. The van der Waals surface area contributed by atoms with Crippen molar-refractivity contribution in [2.24, 2.45) is 0 Å². The Balaban J connectivity index is 2.11. The van der Waals surface area contributed by atoms with Gasteiger partial charge in [0.05, 0.1) is 21.2 Å². The Morgan fingerprint density at radius 3 is 2.75 bits per heavy atom. The molecule has 0 N–H and O–H groups in total. The monoisotopic (exact) mass is 339 g/mol. The van der Waals surface area contributed by atoms with Crippen molar-refractivity contribution in [1.29, 1.82) is 0 Å². The Bertz CT molecular complexity index is 601. The van der Waals surface area contributed by atoms with Gasteiger partial charge in [0, 0.05) is 11.9 Å². The number of aromatic nitrogens is 1. The van der Waals surface area contributed by atoms with Crippen LogP contribution >= 0.6 is 35.6 Å². The number of alkyl halides is 3. The van der Waals surface area contributed by atoms with Gasteiger partial charge in [-0.1, -0.05) is 11.6 Å². The molecule has 0 fully saturated rings. The highest BCUT2D eigenvalue weighted by Gasteiger charge is 2.31. The molecule has 0 aliphatic carbocycles. The van der Waals surface area contributed by atoms with Gasteiger partial charge in [-0.2, -0.15) is 25.8 Å². The van der Waals surface area contributed by atoms with Crippen LogP contribution in [0.5, 0.6) is 5.75 Å². The van der Waals surface area contributed by atoms with Crippen molar-refractivity contribution in [2.75, 3.05) is 0 Å². The van der Waals surface area contributed by atoms with Crippen LogP contribution in [0.1, 0.15) is 16.1 Å². The average molecular weight is 340 g/mol. The molecule has 0 saturated carbocycles. The van der Waals surface area contributed by atoms with Crippen LogP contribution < -0.4 is 4.74 Å². The molecule has 2 aromatic heterocycles. The highest BCUT2D eigenvalue weighted by atomic mass is 35.5. The van der Waals surface area contributed by atoms with Crippen LogP contribution in [0.2, 0.25) is 5.02 Å². The number of hydrogen-bond acceptors (Lipinski definition) is 4. The number of rotatable bonds is 4. The number of ether oxygens (including phenoxy) is 1. The highest BCUT2D eigenvalue weighted by Crippen LogP contribution is 2.32. The number of hydrogen-bond donors (Lipinski definition) is 1. The van der Waals surface area contributed by atoms with E-state index in [0.29, 0.717) is 11.5 Å². The topological polar surface area (TPSA) is 22.1 Å². The molecule has 2 heterocycles. The lowest BCUT2D eigenvalue weighted by Gasteiger charge is -2.10. The van der Waals surface area contributed by atoms with Crippen molar-refractivity contribution < 1.29 is 17.9 Å². The Morgan fingerprint density at radius 1 is 1.40 bits per heavy atom. The highest BCUT2D eigenvalue weighted by molar-refractivity contribution is 7.79. The molecule has 2 aromatic rings. The van der Waals surface area contributed by atoms with Crippen LogP contribution in [0.3, 0.4) is 0 Å². The molecule has 0 atom stereocenters. The lowest BCUT2D eigenvalue weighted by atomic mass is 10.2.